The van der Waals surface area contributed by atoms with Crippen LogP contribution in [0.25, 0.3) is 0 Å². The molecule has 0 radical (unpaired) electrons. The fraction of sp³-hybridized carbons (Fsp3) is 0.476. The van der Waals surface area contributed by atoms with Crippen molar-refractivity contribution < 1.29 is 35.9 Å². The van der Waals surface area contributed by atoms with Gasteiger partial charge in [-0.05, 0) is 60.6 Å². The number of carbonyl (C=O) groups is 1. The van der Waals surface area contributed by atoms with E-state index in [4.69, 9.17) is 10.5 Å². The summed E-state index contributed by atoms with van der Waals surface area (Å²) < 4.78 is 80.8. The lowest BCUT2D eigenvalue weighted by Crippen LogP contribution is -2.28. The molecule has 35 heavy (non-hydrogen) atoms. The topological polar surface area (TPSA) is 90.1 Å². The number of hydrogen-bond acceptors (Lipinski definition) is 5. The molecule has 2 aromatic rings. The van der Waals surface area contributed by atoms with Gasteiger partial charge < -0.3 is 10.5 Å². The summed E-state index contributed by atoms with van der Waals surface area (Å²) in [7, 11) is 0. The minimum atomic E-state index is -4.58. The van der Waals surface area contributed by atoms with Crippen LogP contribution in [0.4, 0.5) is 42.5 Å². The summed E-state index contributed by atoms with van der Waals surface area (Å²) in [5.74, 6) is 0. The van der Waals surface area contributed by atoms with Crippen LogP contribution >= 0.6 is 24.8 Å². The SMILES string of the molecule is Cc1cc(C(F)(F)F)c(N)c(C)n1.Cc1cc(C(F)(F)F)c(NC(=O)OC(C)(C)C)c(C)n1.Cl.Cl. The molecule has 0 bridgehead atoms. The molecule has 2 aromatic heterocycles. The fourth-order valence-electron chi connectivity index (χ4n) is 2.69. The minimum Gasteiger partial charge on any atom is -0.444 e. The lowest BCUT2D eigenvalue weighted by atomic mass is 10.1. The zero-order valence-electron chi connectivity index (χ0n) is 20.0. The molecule has 0 fully saturated rings. The van der Waals surface area contributed by atoms with Gasteiger partial charge in [0.25, 0.3) is 0 Å². The zero-order valence-corrected chi connectivity index (χ0v) is 21.7. The Hall–Kier alpha value is -2.47. The van der Waals surface area contributed by atoms with E-state index >= 15 is 0 Å². The van der Waals surface area contributed by atoms with Gasteiger partial charge in [0.1, 0.15) is 5.60 Å². The standard InChI is InChI=1S/C13H17F3N2O2.C8H9F3N2.2ClH/c1-7-6-9(13(14,15)16)10(8(2)17-7)18-11(19)20-12(3,4)5;1-4-3-6(8(9,10)11)7(12)5(2)13-4;;/h6H,1-5H3,(H,18,19);3H,12H2,1-2H3;2*1H. The summed E-state index contributed by atoms with van der Waals surface area (Å²) in [4.78, 5) is 19.4. The predicted molar refractivity (Wildman–Crippen MR) is 126 cm³/mol. The molecular weight excluding hydrogens is 525 g/mol. The maximum atomic E-state index is 13.0. The number of nitrogens with zero attached hydrogens (tertiary/aromatic N) is 2. The van der Waals surface area contributed by atoms with Gasteiger partial charge in [-0.2, -0.15) is 26.3 Å². The Morgan fingerprint density at radius 1 is 0.829 bits per heavy atom. The molecule has 1 amide bonds. The second-order valence-electron chi connectivity index (χ2n) is 8.20. The third-order valence-corrected chi connectivity index (χ3v) is 3.94. The first kappa shape index (κ1) is 34.7. The van der Waals surface area contributed by atoms with E-state index in [2.05, 4.69) is 15.3 Å². The molecule has 3 N–H and O–H groups in total. The summed E-state index contributed by atoms with van der Waals surface area (Å²) >= 11 is 0. The summed E-state index contributed by atoms with van der Waals surface area (Å²) in [6.07, 6.45) is -9.93. The fourth-order valence-corrected chi connectivity index (χ4v) is 2.69. The average molecular weight is 553 g/mol. The molecule has 200 valence electrons. The average Bonchev–Trinajstić information content (AvgIpc) is 2.57. The first-order chi connectivity index (χ1) is 14.7. The largest absolute Gasteiger partial charge is 0.444 e. The van der Waals surface area contributed by atoms with Gasteiger partial charge in [-0.25, -0.2) is 4.79 Å². The highest BCUT2D eigenvalue weighted by Gasteiger charge is 2.36. The first-order valence-corrected chi connectivity index (χ1v) is 9.58. The van der Waals surface area contributed by atoms with Crippen LogP contribution in [0.5, 0.6) is 0 Å². The molecule has 0 aliphatic rings. The van der Waals surface area contributed by atoms with Crippen molar-refractivity contribution in [3.05, 3.63) is 46.0 Å². The Morgan fingerprint density at radius 2 is 1.23 bits per heavy atom. The second kappa shape index (κ2) is 12.5. The minimum absolute atomic E-state index is 0. The van der Waals surface area contributed by atoms with Crippen LogP contribution in [0.2, 0.25) is 0 Å². The molecule has 0 unspecified atom stereocenters. The number of alkyl halides is 6. The number of nitrogen functional groups attached to an aromatic ring is 1. The summed E-state index contributed by atoms with van der Waals surface area (Å²) in [5, 5.41) is 2.13. The highest BCUT2D eigenvalue weighted by Crippen LogP contribution is 2.37. The second-order valence-corrected chi connectivity index (χ2v) is 8.20. The number of carbonyl (C=O) groups excluding carboxylic acids is 1. The van der Waals surface area contributed by atoms with Gasteiger partial charge in [0, 0.05) is 11.4 Å². The molecule has 6 nitrogen and oxygen atoms in total. The van der Waals surface area contributed by atoms with Crippen LogP contribution in [0.3, 0.4) is 0 Å². The number of aryl methyl sites for hydroxylation is 4. The van der Waals surface area contributed by atoms with E-state index < -0.39 is 35.2 Å². The van der Waals surface area contributed by atoms with Crippen LogP contribution in [0, 0.1) is 27.7 Å². The lowest BCUT2D eigenvalue weighted by Gasteiger charge is -2.21. The maximum Gasteiger partial charge on any atom is 0.418 e. The molecule has 0 saturated heterocycles. The summed E-state index contributed by atoms with van der Waals surface area (Å²) in [6.45, 7) is 10.7. The van der Waals surface area contributed by atoms with Crippen molar-refractivity contribution in [2.75, 3.05) is 11.1 Å². The highest BCUT2D eigenvalue weighted by atomic mass is 35.5. The van der Waals surface area contributed by atoms with Gasteiger partial charge in [-0.1, -0.05) is 0 Å². The van der Waals surface area contributed by atoms with E-state index in [1.165, 1.54) is 27.7 Å². The Morgan fingerprint density at radius 3 is 1.63 bits per heavy atom. The van der Waals surface area contributed by atoms with E-state index in [-0.39, 0.29) is 53.3 Å². The quantitative estimate of drug-likeness (QED) is 0.365. The third kappa shape index (κ3) is 10.8. The zero-order chi connectivity index (χ0) is 25.9. The van der Waals surface area contributed by atoms with Crippen LogP contribution in [-0.2, 0) is 17.1 Å². The Balaban J connectivity index is 0. The van der Waals surface area contributed by atoms with E-state index in [0.29, 0.717) is 5.69 Å². The van der Waals surface area contributed by atoms with Crippen molar-refractivity contribution in [3.63, 3.8) is 0 Å². The normalized spacial score (nSPS) is 11.3. The number of halogens is 8. The van der Waals surface area contributed by atoms with Gasteiger partial charge in [0.15, 0.2) is 0 Å². The smallest absolute Gasteiger partial charge is 0.418 e. The van der Waals surface area contributed by atoms with Gasteiger partial charge in [-0.15, -0.1) is 24.8 Å². The molecule has 0 aliphatic carbocycles. The number of nitrogens with two attached hydrogens (primary N) is 1. The number of amides is 1. The monoisotopic (exact) mass is 552 g/mol. The molecule has 0 spiro atoms. The lowest BCUT2D eigenvalue weighted by molar-refractivity contribution is -0.137. The van der Waals surface area contributed by atoms with E-state index in [0.717, 1.165) is 12.1 Å². The molecule has 0 atom stereocenters. The van der Waals surface area contributed by atoms with Crippen molar-refractivity contribution >= 4 is 42.3 Å². The number of ether oxygens (including phenoxy) is 1. The van der Waals surface area contributed by atoms with Crippen molar-refractivity contribution in [3.8, 4) is 0 Å². The molecule has 0 aromatic carbocycles. The van der Waals surface area contributed by atoms with Crippen LogP contribution < -0.4 is 11.1 Å². The van der Waals surface area contributed by atoms with Crippen molar-refractivity contribution in [1.82, 2.24) is 9.97 Å². The van der Waals surface area contributed by atoms with Gasteiger partial charge >= 0.3 is 18.4 Å². The Kier molecular flexibility index (Phi) is 12.4. The molecule has 0 aliphatic heterocycles. The predicted octanol–water partition coefficient (Wildman–Crippen LogP) is 7.21. The van der Waals surface area contributed by atoms with E-state index in [1.54, 1.807) is 20.8 Å². The molecule has 14 heteroatoms. The molecule has 2 rings (SSSR count). The molecular formula is C21H28Cl2F6N4O2. The van der Waals surface area contributed by atoms with Gasteiger partial charge in [-0.3, -0.25) is 15.3 Å². The Labute approximate surface area is 211 Å². The number of aromatic nitrogens is 2. The van der Waals surface area contributed by atoms with Crippen LogP contribution in [-0.4, -0.2) is 21.7 Å². The van der Waals surface area contributed by atoms with Crippen molar-refractivity contribution in [2.24, 2.45) is 0 Å². The number of anilines is 2. The third-order valence-electron chi connectivity index (χ3n) is 3.94. The van der Waals surface area contributed by atoms with Crippen LogP contribution in [0.1, 0.15) is 54.7 Å². The van der Waals surface area contributed by atoms with Gasteiger partial charge in [0.2, 0.25) is 0 Å². The number of pyridine rings is 2. The summed E-state index contributed by atoms with van der Waals surface area (Å²) in [6, 6.07) is 1.84. The number of rotatable bonds is 1. The molecule has 2 heterocycles. The molecule has 0 saturated carbocycles. The van der Waals surface area contributed by atoms with Gasteiger partial charge in [0.05, 0.1) is 33.9 Å². The van der Waals surface area contributed by atoms with E-state index in [1.807, 2.05) is 0 Å². The number of hydrogen-bond donors (Lipinski definition) is 2. The number of nitrogens with one attached hydrogen (secondary N) is 1. The van der Waals surface area contributed by atoms with Crippen molar-refractivity contribution in [1.29, 1.82) is 0 Å². The first-order valence-electron chi connectivity index (χ1n) is 9.58. The van der Waals surface area contributed by atoms with Crippen molar-refractivity contribution in [2.45, 2.75) is 66.4 Å². The maximum absolute atomic E-state index is 13.0. The highest BCUT2D eigenvalue weighted by molar-refractivity contribution is 5.87. The Bertz CT molecular complexity index is 1020. The van der Waals surface area contributed by atoms with E-state index in [9.17, 15) is 31.1 Å². The van der Waals surface area contributed by atoms with Crippen LogP contribution in [0.15, 0.2) is 12.1 Å². The summed E-state index contributed by atoms with van der Waals surface area (Å²) in [5.41, 5.74) is 2.89.